The first-order valence-corrected chi connectivity index (χ1v) is 8.14. The highest BCUT2D eigenvalue weighted by molar-refractivity contribution is 8.27. The van der Waals surface area contributed by atoms with Crippen LogP contribution in [0.15, 0.2) is 62.5 Å². The topological polar surface area (TPSA) is 125 Å². The van der Waals surface area contributed by atoms with E-state index < -0.39 is 16.7 Å². The summed E-state index contributed by atoms with van der Waals surface area (Å²) in [7, 11) is 0. The van der Waals surface area contributed by atoms with Crippen LogP contribution < -0.4 is 0 Å². The third kappa shape index (κ3) is 2.71. The van der Waals surface area contributed by atoms with Gasteiger partial charge in [-0.1, -0.05) is 30.3 Å². The summed E-state index contributed by atoms with van der Waals surface area (Å²) in [5, 5.41) is 25.5. The number of benzene rings is 1. The van der Waals surface area contributed by atoms with Gasteiger partial charge in [0.15, 0.2) is 5.84 Å². The van der Waals surface area contributed by atoms with E-state index in [0.717, 1.165) is 5.56 Å². The zero-order chi connectivity index (χ0) is 18.3. The molecule has 0 bridgehead atoms. The Morgan fingerprint density at radius 1 is 1.23 bits per heavy atom. The van der Waals surface area contributed by atoms with Gasteiger partial charge in [-0.2, -0.15) is 15.1 Å². The normalized spacial score (nSPS) is 18.0. The molecule has 1 N–H and O–H groups in total. The van der Waals surface area contributed by atoms with Crippen LogP contribution in [0.5, 0.6) is 0 Å². The van der Waals surface area contributed by atoms with E-state index in [1.807, 2.05) is 30.3 Å². The van der Waals surface area contributed by atoms with Gasteiger partial charge in [-0.3, -0.25) is 20.3 Å². The number of amides is 1. The van der Waals surface area contributed by atoms with Gasteiger partial charge in [0.05, 0.1) is 11.6 Å². The van der Waals surface area contributed by atoms with Crippen LogP contribution in [-0.4, -0.2) is 31.9 Å². The minimum atomic E-state index is -0.681. The summed E-state index contributed by atoms with van der Waals surface area (Å²) >= 11 is 1.20. The molecule has 0 saturated carbocycles. The number of rotatable bonds is 3. The Hall–Kier alpha value is -3.53. The van der Waals surface area contributed by atoms with Crippen LogP contribution in [0.3, 0.4) is 0 Å². The first kappa shape index (κ1) is 16.0. The molecule has 9 nitrogen and oxygen atoms in total. The molecule has 128 valence electrons. The number of hydrogen-bond donors (Lipinski definition) is 1. The molecule has 26 heavy (non-hydrogen) atoms. The minimum Gasteiger partial charge on any atom is -0.401 e. The Bertz CT molecular complexity index is 1040. The summed E-state index contributed by atoms with van der Waals surface area (Å²) in [5.41, 5.74) is 0.790. The van der Waals surface area contributed by atoms with Crippen LogP contribution in [-0.2, 0) is 4.79 Å². The van der Waals surface area contributed by atoms with Crippen molar-refractivity contribution in [3.63, 3.8) is 0 Å². The Morgan fingerprint density at radius 3 is 2.69 bits per heavy atom. The molecule has 2 aliphatic heterocycles. The fourth-order valence-electron chi connectivity index (χ4n) is 2.35. The number of thioether (sulfide) groups is 1. The molecule has 2 aromatic rings. The molecular weight excluding hydrogens is 358 g/mol. The Balaban J connectivity index is 1.68. The van der Waals surface area contributed by atoms with Crippen molar-refractivity contribution in [3.8, 4) is 0 Å². The van der Waals surface area contributed by atoms with Crippen LogP contribution in [0.1, 0.15) is 11.3 Å². The maximum Gasteiger partial charge on any atom is 0.433 e. The molecule has 3 heterocycles. The van der Waals surface area contributed by atoms with Crippen molar-refractivity contribution < 1.29 is 14.1 Å². The lowest BCUT2D eigenvalue weighted by Crippen LogP contribution is -2.35. The maximum atomic E-state index is 12.3. The van der Waals surface area contributed by atoms with E-state index in [-0.39, 0.29) is 17.2 Å². The number of hydrogen-bond acceptors (Lipinski definition) is 7. The third-order valence-corrected chi connectivity index (χ3v) is 4.51. The van der Waals surface area contributed by atoms with E-state index >= 15 is 0 Å². The SMILES string of the molecule is N=C1/C(=C\c2ccc([N+](=O)[O-])o2)C(=O)N=C2SC(c3ccccc3)=NN12. The van der Waals surface area contributed by atoms with Gasteiger partial charge in [0.2, 0.25) is 5.17 Å². The molecule has 1 aromatic heterocycles. The molecule has 1 aromatic carbocycles. The van der Waals surface area contributed by atoms with Crippen LogP contribution in [0.25, 0.3) is 6.08 Å². The van der Waals surface area contributed by atoms with Gasteiger partial charge in [0.25, 0.3) is 5.91 Å². The molecule has 0 spiro atoms. The molecule has 4 rings (SSSR count). The fraction of sp³-hybridized carbons (Fsp3) is 0. The van der Waals surface area contributed by atoms with Gasteiger partial charge in [-0.15, -0.1) is 0 Å². The van der Waals surface area contributed by atoms with Gasteiger partial charge in [0.1, 0.15) is 15.7 Å². The predicted octanol–water partition coefficient (Wildman–Crippen LogP) is 2.86. The number of carbonyl (C=O) groups is 1. The zero-order valence-electron chi connectivity index (χ0n) is 12.9. The molecule has 0 unspecified atom stereocenters. The van der Waals surface area contributed by atoms with Crippen LogP contribution in [0.4, 0.5) is 5.88 Å². The molecular formula is C16H9N5O4S. The number of hydrazone groups is 1. The van der Waals surface area contributed by atoms with Crippen molar-refractivity contribution in [2.24, 2.45) is 10.1 Å². The highest BCUT2D eigenvalue weighted by atomic mass is 32.2. The number of carbonyl (C=O) groups excluding carboxylic acids is 1. The van der Waals surface area contributed by atoms with E-state index in [2.05, 4.69) is 10.1 Å². The van der Waals surface area contributed by atoms with Crippen LogP contribution in [0.2, 0.25) is 0 Å². The molecule has 0 aliphatic carbocycles. The summed E-state index contributed by atoms with van der Waals surface area (Å²) in [6.07, 6.45) is 1.25. The van der Waals surface area contributed by atoms with Gasteiger partial charge in [-0.05, 0) is 23.9 Å². The Kier molecular flexibility index (Phi) is 3.73. The van der Waals surface area contributed by atoms with E-state index in [1.165, 1.54) is 35.0 Å². The summed E-state index contributed by atoms with van der Waals surface area (Å²) in [6, 6.07) is 11.9. The van der Waals surface area contributed by atoms with Crippen molar-refractivity contribution in [2.75, 3.05) is 0 Å². The van der Waals surface area contributed by atoms with Gasteiger partial charge < -0.3 is 4.42 Å². The number of nitro groups is 1. The molecule has 2 aliphatic rings. The van der Waals surface area contributed by atoms with Crippen molar-refractivity contribution in [3.05, 3.63) is 69.5 Å². The molecule has 0 atom stereocenters. The fourth-order valence-corrected chi connectivity index (χ4v) is 3.25. The summed E-state index contributed by atoms with van der Waals surface area (Å²) < 4.78 is 5.01. The number of aliphatic imine (C=N–C) groups is 1. The first-order chi connectivity index (χ1) is 12.5. The van der Waals surface area contributed by atoms with E-state index in [1.54, 1.807) is 0 Å². The van der Waals surface area contributed by atoms with E-state index in [4.69, 9.17) is 9.83 Å². The van der Waals surface area contributed by atoms with Crippen molar-refractivity contribution >= 4 is 45.7 Å². The lowest BCUT2D eigenvalue weighted by atomic mass is 10.1. The van der Waals surface area contributed by atoms with E-state index in [9.17, 15) is 14.9 Å². The quantitative estimate of drug-likeness (QED) is 0.505. The largest absolute Gasteiger partial charge is 0.433 e. The standard InChI is InChI=1S/C16H9N5O4S/c17-13-11(8-10-6-7-12(25-10)21(23)24)14(22)18-16-20(13)19-15(26-16)9-4-2-1-3-5-9/h1-8,17H/b11-8+,17-13?. The number of amidine groups is 2. The minimum absolute atomic E-state index is 0.0586. The van der Waals surface area contributed by atoms with Crippen molar-refractivity contribution in [1.29, 1.82) is 5.41 Å². The Morgan fingerprint density at radius 2 is 2.00 bits per heavy atom. The highest BCUT2D eigenvalue weighted by Gasteiger charge is 2.36. The molecule has 0 saturated heterocycles. The van der Waals surface area contributed by atoms with Gasteiger partial charge in [-0.25, -0.2) is 0 Å². The number of nitrogens with one attached hydrogen (secondary N) is 1. The monoisotopic (exact) mass is 367 g/mol. The molecule has 0 radical (unpaired) electrons. The summed E-state index contributed by atoms with van der Waals surface area (Å²) in [4.78, 5) is 26.2. The summed E-state index contributed by atoms with van der Waals surface area (Å²) in [5.74, 6) is -1.16. The molecule has 10 heteroatoms. The molecule has 0 fully saturated rings. The number of fused-ring (bicyclic) bond motifs is 1. The van der Waals surface area contributed by atoms with Crippen LogP contribution >= 0.6 is 11.8 Å². The number of nitrogens with zero attached hydrogens (tertiary/aromatic N) is 4. The highest BCUT2D eigenvalue weighted by Crippen LogP contribution is 2.31. The Labute approximate surface area is 150 Å². The number of furan rings is 1. The van der Waals surface area contributed by atoms with Gasteiger partial charge >= 0.3 is 5.88 Å². The van der Waals surface area contributed by atoms with Crippen LogP contribution in [0, 0.1) is 15.5 Å². The predicted molar refractivity (Wildman–Crippen MR) is 95.9 cm³/mol. The average molecular weight is 367 g/mol. The first-order valence-electron chi connectivity index (χ1n) is 7.33. The van der Waals surface area contributed by atoms with E-state index in [0.29, 0.717) is 10.2 Å². The van der Waals surface area contributed by atoms with Crippen molar-refractivity contribution in [1.82, 2.24) is 5.01 Å². The third-order valence-electron chi connectivity index (χ3n) is 3.55. The second-order valence-corrected chi connectivity index (χ2v) is 6.18. The average Bonchev–Trinajstić information content (AvgIpc) is 3.26. The second kappa shape index (κ2) is 6.08. The zero-order valence-corrected chi connectivity index (χ0v) is 13.8. The lowest BCUT2D eigenvalue weighted by Gasteiger charge is -2.19. The smallest absolute Gasteiger partial charge is 0.401 e. The summed E-state index contributed by atoms with van der Waals surface area (Å²) in [6.45, 7) is 0. The molecule has 1 amide bonds. The second-order valence-electron chi connectivity index (χ2n) is 5.22. The lowest BCUT2D eigenvalue weighted by molar-refractivity contribution is -0.402. The van der Waals surface area contributed by atoms with Gasteiger partial charge in [0, 0.05) is 5.56 Å². The maximum absolute atomic E-state index is 12.3. The van der Waals surface area contributed by atoms with Crippen molar-refractivity contribution in [2.45, 2.75) is 0 Å².